The van der Waals surface area contributed by atoms with Gasteiger partial charge in [0.2, 0.25) is 5.91 Å². The van der Waals surface area contributed by atoms with Crippen LogP contribution in [-0.4, -0.2) is 69.3 Å². The van der Waals surface area contributed by atoms with E-state index in [1.54, 1.807) is 14.2 Å². The number of fused-ring (bicyclic) bond motifs is 1. The molecule has 1 saturated heterocycles. The van der Waals surface area contributed by atoms with Crippen molar-refractivity contribution in [1.82, 2.24) is 5.32 Å². The van der Waals surface area contributed by atoms with E-state index in [1.807, 2.05) is 26.0 Å². The first-order valence-corrected chi connectivity index (χ1v) is 14.7. The third-order valence-corrected chi connectivity index (χ3v) is 8.72. The number of ether oxygens (including phenoxy) is 4. The number of nitrogens with two attached hydrogens (primary N) is 1. The quantitative estimate of drug-likeness (QED) is 0.238. The topological polar surface area (TPSA) is 112 Å². The molecule has 8 heteroatoms. The maximum absolute atomic E-state index is 13.1. The molecule has 1 heterocycles. The van der Waals surface area contributed by atoms with Crippen molar-refractivity contribution in [2.24, 2.45) is 35.3 Å². The number of rotatable bonds is 18. The minimum absolute atomic E-state index is 0.0107. The van der Waals surface area contributed by atoms with Gasteiger partial charge in [0, 0.05) is 45.2 Å². The molecule has 222 valence electrons. The summed E-state index contributed by atoms with van der Waals surface area (Å²) in [5.74, 6) is 2.46. The van der Waals surface area contributed by atoms with Gasteiger partial charge in [-0.05, 0) is 73.5 Å². The van der Waals surface area contributed by atoms with Crippen molar-refractivity contribution in [3.05, 3.63) is 23.8 Å². The van der Waals surface area contributed by atoms with Crippen molar-refractivity contribution in [1.29, 1.82) is 0 Å². The van der Waals surface area contributed by atoms with Gasteiger partial charge in [-0.15, -0.1) is 0 Å². The van der Waals surface area contributed by atoms with Gasteiger partial charge < -0.3 is 35.1 Å². The van der Waals surface area contributed by atoms with Crippen LogP contribution in [0.3, 0.4) is 0 Å². The summed E-state index contributed by atoms with van der Waals surface area (Å²) in [7, 11) is 3.32. The number of hydrogen-bond acceptors (Lipinski definition) is 7. The van der Waals surface area contributed by atoms with Crippen LogP contribution in [-0.2, 0) is 20.7 Å². The SMILES string of the molecule is COCCCOc1cc(C[C@@H](C[C@H](N)[C@@H](O)C[C@H](C(=O)NCC23C[C@H]2CCO3)C(C)C)C(C)C)ccc1OC. The van der Waals surface area contributed by atoms with Gasteiger partial charge in [-0.25, -0.2) is 0 Å². The lowest BCUT2D eigenvalue weighted by Gasteiger charge is -2.30. The van der Waals surface area contributed by atoms with Crippen LogP contribution in [0.2, 0.25) is 0 Å². The Hall–Kier alpha value is -1.87. The second-order valence-electron chi connectivity index (χ2n) is 12.3. The Morgan fingerprint density at radius 2 is 1.92 bits per heavy atom. The smallest absolute Gasteiger partial charge is 0.223 e. The molecule has 2 aliphatic rings. The normalized spacial score (nSPS) is 23.3. The van der Waals surface area contributed by atoms with Gasteiger partial charge in [-0.2, -0.15) is 0 Å². The van der Waals surface area contributed by atoms with E-state index in [2.05, 4.69) is 25.2 Å². The first kappa shape index (κ1) is 31.7. The van der Waals surface area contributed by atoms with Crippen molar-refractivity contribution < 1.29 is 28.8 Å². The summed E-state index contributed by atoms with van der Waals surface area (Å²) in [6.45, 7) is 11.0. The van der Waals surface area contributed by atoms with E-state index in [0.29, 0.717) is 50.2 Å². The summed E-state index contributed by atoms with van der Waals surface area (Å²) in [5.41, 5.74) is 7.58. The molecule has 3 rings (SSSR count). The highest BCUT2D eigenvalue weighted by Gasteiger charge is 2.58. The molecule has 1 amide bonds. The van der Waals surface area contributed by atoms with Crippen molar-refractivity contribution in [3.63, 3.8) is 0 Å². The molecule has 2 fully saturated rings. The fourth-order valence-corrected chi connectivity index (χ4v) is 5.80. The maximum Gasteiger partial charge on any atom is 0.223 e. The van der Waals surface area contributed by atoms with Crippen molar-refractivity contribution in [2.75, 3.05) is 40.6 Å². The Labute approximate surface area is 235 Å². The van der Waals surface area contributed by atoms with Crippen molar-refractivity contribution in [2.45, 2.75) is 84.0 Å². The zero-order valence-electron chi connectivity index (χ0n) is 24.9. The van der Waals surface area contributed by atoms with Crippen LogP contribution in [0, 0.1) is 29.6 Å². The van der Waals surface area contributed by atoms with E-state index in [9.17, 15) is 9.90 Å². The monoisotopic (exact) mass is 548 g/mol. The Balaban J connectivity index is 1.56. The molecule has 0 radical (unpaired) electrons. The zero-order valence-corrected chi connectivity index (χ0v) is 24.9. The second kappa shape index (κ2) is 14.7. The molecule has 1 aliphatic heterocycles. The first-order chi connectivity index (χ1) is 18.6. The fraction of sp³-hybridized carbons (Fsp3) is 0.774. The average molecular weight is 549 g/mol. The second-order valence-corrected chi connectivity index (χ2v) is 12.3. The number of carbonyl (C=O) groups excluding carboxylic acids is 1. The highest BCUT2D eigenvalue weighted by atomic mass is 16.5. The van der Waals surface area contributed by atoms with Crippen LogP contribution >= 0.6 is 0 Å². The Bertz CT molecular complexity index is 909. The summed E-state index contributed by atoms with van der Waals surface area (Å²) in [5, 5.41) is 14.2. The molecule has 1 aromatic rings. The number of benzene rings is 1. The number of nitrogens with one attached hydrogen (secondary N) is 1. The van der Waals surface area contributed by atoms with Gasteiger partial charge in [-0.3, -0.25) is 4.79 Å². The lowest BCUT2D eigenvalue weighted by atomic mass is 9.81. The third kappa shape index (κ3) is 8.81. The van der Waals surface area contributed by atoms with Crippen LogP contribution in [0.4, 0.5) is 0 Å². The van der Waals surface area contributed by atoms with Crippen LogP contribution in [0.5, 0.6) is 11.5 Å². The minimum Gasteiger partial charge on any atom is -0.493 e. The maximum atomic E-state index is 13.1. The van der Waals surface area contributed by atoms with Crippen LogP contribution in [0.1, 0.15) is 65.4 Å². The Morgan fingerprint density at radius 3 is 2.51 bits per heavy atom. The standard InChI is InChI=1S/C31H52N2O6/c1-20(2)23(14-22-8-9-28(37-6)29(15-22)38-12-7-11-36-5)16-26(32)27(34)17-25(21(3)4)30(35)33-19-31-18-24(31)10-13-39-31/h8-9,15,20-21,23-27,34H,7,10-14,16-19,32H2,1-6H3,(H,33,35)/t23-,24+,25-,26-,27-,31?/m0/s1. The number of carbonyl (C=O) groups is 1. The van der Waals surface area contributed by atoms with E-state index in [1.165, 1.54) is 0 Å². The van der Waals surface area contributed by atoms with Gasteiger partial charge in [0.15, 0.2) is 11.5 Å². The van der Waals surface area contributed by atoms with Gasteiger partial charge in [-0.1, -0.05) is 33.8 Å². The van der Waals surface area contributed by atoms with Crippen LogP contribution in [0.25, 0.3) is 0 Å². The number of amides is 1. The third-order valence-electron chi connectivity index (χ3n) is 8.72. The lowest BCUT2D eigenvalue weighted by molar-refractivity contribution is -0.128. The predicted molar refractivity (Wildman–Crippen MR) is 153 cm³/mol. The van der Waals surface area contributed by atoms with E-state index in [4.69, 9.17) is 24.7 Å². The zero-order chi connectivity index (χ0) is 28.6. The Morgan fingerprint density at radius 1 is 1.15 bits per heavy atom. The summed E-state index contributed by atoms with van der Waals surface area (Å²) in [6, 6.07) is 5.63. The minimum atomic E-state index is -0.755. The lowest BCUT2D eigenvalue weighted by Crippen LogP contribution is -2.44. The molecule has 1 unspecified atom stereocenters. The number of methoxy groups -OCH3 is 2. The van der Waals surface area contributed by atoms with Gasteiger partial charge in [0.25, 0.3) is 0 Å². The van der Waals surface area contributed by atoms with Crippen LogP contribution in [0.15, 0.2) is 18.2 Å². The van der Waals surface area contributed by atoms with Gasteiger partial charge in [0.1, 0.15) is 0 Å². The fourth-order valence-electron chi connectivity index (χ4n) is 5.80. The predicted octanol–water partition coefficient (Wildman–Crippen LogP) is 3.96. The van der Waals surface area contributed by atoms with Crippen LogP contribution < -0.4 is 20.5 Å². The molecule has 1 aliphatic carbocycles. The average Bonchev–Trinajstić information content (AvgIpc) is 3.45. The molecular weight excluding hydrogens is 496 g/mol. The van der Waals surface area contributed by atoms with E-state index in [-0.39, 0.29) is 29.3 Å². The highest BCUT2D eigenvalue weighted by Crippen LogP contribution is 2.53. The molecule has 0 spiro atoms. The largest absolute Gasteiger partial charge is 0.493 e. The summed E-state index contributed by atoms with van der Waals surface area (Å²) < 4.78 is 22.5. The Kier molecular flexibility index (Phi) is 11.9. The van der Waals surface area contributed by atoms with E-state index in [0.717, 1.165) is 43.6 Å². The summed E-state index contributed by atoms with van der Waals surface area (Å²) in [6.07, 6.45) is 4.01. The number of hydrogen-bond donors (Lipinski definition) is 3. The molecule has 39 heavy (non-hydrogen) atoms. The summed E-state index contributed by atoms with van der Waals surface area (Å²) in [4.78, 5) is 13.1. The van der Waals surface area contributed by atoms with E-state index < -0.39 is 12.1 Å². The molecule has 0 bridgehead atoms. The first-order valence-electron chi connectivity index (χ1n) is 14.7. The summed E-state index contributed by atoms with van der Waals surface area (Å²) >= 11 is 0. The molecular formula is C31H52N2O6. The molecule has 6 atom stereocenters. The highest BCUT2D eigenvalue weighted by molar-refractivity contribution is 5.79. The van der Waals surface area contributed by atoms with Gasteiger partial charge in [0.05, 0.1) is 25.4 Å². The molecule has 4 N–H and O–H groups in total. The van der Waals surface area contributed by atoms with Crippen molar-refractivity contribution >= 4 is 5.91 Å². The molecule has 1 saturated carbocycles. The van der Waals surface area contributed by atoms with Crippen molar-refractivity contribution in [3.8, 4) is 11.5 Å². The van der Waals surface area contributed by atoms with E-state index >= 15 is 0 Å². The van der Waals surface area contributed by atoms with Gasteiger partial charge >= 0.3 is 0 Å². The molecule has 1 aromatic carbocycles. The number of aliphatic hydroxyl groups is 1. The molecule has 0 aromatic heterocycles. The number of aliphatic hydroxyl groups excluding tert-OH is 1. The molecule has 8 nitrogen and oxygen atoms in total.